The second-order valence-electron chi connectivity index (χ2n) is 3.22. The third-order valence-electron chi connectivity index (χ3n) is 2.17. The van der Waals surface area contributed by atoms with Crippen LogP contribution in [-0.2, 0) is 4.79 Å². The van der Waals surface area contributed by atoms with E-state index in [4.69, 9.17) is 10.4 Å². The van der Waals surface area contributed by atoms with Crippen LogP contribution >= 0.6 is 0 Å². The number of rotatable bonds is 3. The highest BCUT2D eigenvalue weighted by Crippen LogP contribution is 2.27. The summed E-state index contributed by atoms with van der Waals surface area (Å²) >= 11 is 0. The molecule has 86 valence electrons. The van der Waals surface area contributed by atoms with Gasteiger partial charge in [0.2, 0.25) is 0 Å². The van der Waals surface area contributed by atoms with Gasteiger partial charge in [0.25, 0.3) is 5.69 Å². The number of nitriles is 1. The Morgan fingerprint density at radius 3 is 2.71 bits per heavy atom. The first kappa shape index (κ1) is 12.4. The standard InChI is InChI=1S/C11H8N2O4/c1-7-9(6-12)3-2-8(4-5-10(14)15)11(7)13(16)17/h2-5H,1H3,(H,14,15)/b5-4+. The molecule has 0 saturated carbocycles. The van der Waals surface area contributed by atoms with Crippen molar-refractivity contribution in [2.75, 3.05) is 0 Å². The molecule has 0 amide bonds. The zero-order valence-corrected chi connectivity index (χ0v) is 8.88. The van der Waals surface area contributed by atoms with Gasteiger partial charge in [0.1, 0.15) is 0 Å². The zero-order chi connectivity index (χ0) is 13.0. The van der Waals surface area contributed by atoms with E-state index < -0.39 is 10.9 Å². The van der Waals surface area contributed by atoms with Crippen LogP contribution in [0.25, 0.3) is 6.08 Å². The normalized spacial score (nSPS) is 10.1. The quantitative estimate of drug-likeness (QED) is 0.486. The number of carboxylic acids is 1. The molecule has 0 aliphatic rings. The largest absolute Gasteiger partial charge is 0.478 e. The maximum absolute atomic E-state index is 10.9. The van der Waals surface area contributed by atoms with Crippen LogP contribution in [-0.4, -0.2) is 16.0 Å². The van der Waals surface area contributed by atoms with Crippen LogP contribution in [0.5, 0.6) is 0 Å². The molecule has 0 fully saturated rings. The highest BCUT2D eigenvalue weighted by Gasteiger charge is 2.18. The lowest BCUT2D eigenvalue weighted by Crippen LogP contribution is -1.98. The molecule has 0 aromatic heterocycles. The van der Waals surface area contributed by atoms with Gasteiger partial charge < -0.3 is 5.11 Å². The summed E-state index contributed by atoms with van der Waals surface area (Å²) in [6.45, 7) is 1.45. The summed E-state index contributed by atoms with van der Waals surface area (Å²) in [7, 11) is 0. The summed E-state index contributed by atoms with van der Waals surface area (Å²) in [5.41, 5.74) is 0.338. The van der Waals surface area contributed by atoms with Crippen LogP contribution in [0.15, 0.2) is 18.2 Å². The fraction of sp³-hybridized carbons (Fsp3) is 0.0909. The first-order chi connectivity index (χ1) is 7.97. The Morgan fingerprint density at radius 2 is 2.24 bits per heavy atom. The molecule has 0 bridgehead atoms. The maximum Gasteiger partial charge on any atom is 0.328 e. The van der Waals surface area contributed by atoms with Crippen molar-refractivity contribution in [3.05, 3.63) is 45.0 Å². The first-order valence-electron chi connectivity index (χ1n) is 4.56. The third-order valence-corrected chi connectivity index (χ3v) is 2.17. The molecule has 0 aliphatic carbocycles. The van der Waals surface area contributed by atoms with Gasteiger partial charge in [-0.05, 0) is 25.1 Å². The molecule has 6 nitrogen and oxygen atoms in total. The van der Waals surface area contributed by atoms with E-state index in [0.29, 0.717) is 0 Å². The van der Waals surface area contributed by atoms with Crippen molar-refractivity contribution in [1.29, 1.82) is 5.26 Å². The van der Waals surface area contributed by atoms with Crippen molar-refractivity contribution in [3.8, 4) is 6.07 Å². The second kappa shape index (κ2) is 4.90. The molecule has 0 radical (unpaired) electrons. The molecule has 0 spiro atoms. The molecule has 0 saturated heterocycles. The van der Waals surface area contributed by atoms with E-state index in [1.807, 2.05) is 6.07 Å². The molecule has 1 rings (SSSR count). The van der Waals surface area contributed by atoms with E-state index in [9.17, 15) is 14.9 Å². The molecule has 17 heavy (non-hydrogen) atoms. The van der Waals surface area contributed by atoms with E-state index in [0.717, 1.165) is 12.2 Å². The average molecular weight is 232 g/mol. The van der Waals surface area contributed by atoms with Crippen LogP contribution in [0.2, 0.25) is 0 Å². The van der Waals surface area contributed by atoms with E-state index in [1.54, 1.807) is 0 Å². The number of nitrogens with zero attached hydrogens (tertiary/aromatic N) is 2. The predicted octanol–water partition coefficient (Wildman–Crippen LogP) is 1.87. The van der Waals surface area contributed by atoms with Crippen molar-refractivity contribution in [1.82, 2.24) is 0 Å². The van der Waals surface area contributed by atoms with Crippen molar-refractivity contribution >= 4 is 17.7 Å². The van der Waals surface area contributed by atoms with Crippen molar-refractivity contribution in [2.24, 2.45) is 0 Å². The molecule has 6 heteroatoms. The van der Waals surface area contributed by atoms with Crippen LogP contribution in [0.3, 0.4) is 0 Å². The minimum Gasteiger partial charge on any atom is -0.478 e. The van der Waals surface area contributed by atoms with Crippen LogP contribution in [0, 0.1) is 28.4 Å². The first-order valence-corrected chi connectivity index (χ1v) is 4.56. The Bertz CT molecular complexity index is 555. The maximum atomic E-state index is 10.9. The van der Waals surface area contributed by atoms with E-state index in [-0.39, 0.29) is 22.4 Å². The van der Waals surface area contributed by atoms with Gasteiger partial charge in [-0.1, -0.05) is 0 Å². The van der Waals surface area contributed by atoms with Gasteiger partial charge >= 0.3 is 5.97 Å². The number of carbonyl (C=O) groups is 1. The fourth-order valence-electron chi connectivity index (χ4n) is 1.38. The molecule has 0 aliphatic heterocycles. The Kier molecular flexibility index (Phi) is 3.57. The van der Waals surface area contributed by atoms with Crippen molar-refractivity contribution in [3.63, 3.8) is 0 Å². The molecule has 0 unspecified atom stereocenters. The number of nitro groups is 1. The summed E-state index contributed by atoms with van der Waals surface area (Å²) in [6, 6.07) is 4.61. The van der Waals surface area contributed by atoms with E-state index in [1.165, 1.54) is 19.1 Å². The van der Waals surface area contributed by atoms with Gasteiger partial charge in [-0.15, -0.1) is 0 Å². The van der Waals surface area contributed by atoms with Gasteiger partial charge in [0, 0.05) is 11.6 Å². The number of carboxylic acid groups (broad SMARTS) is 1. The number of nitro benzene ring substituents is 1. The lowest BCUT2D eigenvalue weighted by molar-refractivity contribution is -0.385. The lowest BCUT2D eigenvalue weighted by Gasteiger charge is -2.02. The monoisotopic (exact) mass is 232 g/mol. The Balaban J connectivity index is 3.43. The number of hydrogen-bond donors (Lipinski definition) is 1. The molecule has 1 aromatic rings. The minimum atomic E-state index is -1.19. The van der Waals surface area contributed by atoms with Gasteiger partial charge in [-0.3, -0.25) is 10.1 Å². The molecular formula is C11H8N2O4. The number of aliphatic carboxylic acids is 1. The number of hydrogen-bond acceptors (Lipinski definition) is 4. The third kappa shape index (κ3) is 2.66. The van der Waals surface area contributed by atoms with Crippen LogP contribution < -0.4 is 0 Å². The minimum absolute atomic E-state index is 0.161. The molecule has 0 atom stereocenters. The summed E-state index contributed by atoms with van der Waals surface area (Å²) in [5, 5.41) is 28.1. The highest BCUT2D eigenvalue weighted by atomic mass is 16.6. The van der Waals surface area contributed by atoms with E-state index >= 15 is 0 Å². The summed E-state index contributed by atoms with van der Waals surface area (Å²) in [5.74, 6) is -1.19. The lowest BCUT2D eigenvalue weighted by atomic mass is 10.0. The summed E-state index contributed by atoms with van der Waals surface area (Å²) in [4.78, 5) is 20.6. The van der Waals surface area contributed by atoms with E-state index in [2.05, 4.69) is 0 Å². The highest BCUT2D eigenvalue weighted by molar-refractivity contribution is 5.86. The fourth-order valence-corrected chi connectivity index (χ4v) is 1.38. The Hall–Kier alpha value is -2.68. The second-order valence-corrected chi connectivity index (χ2v) is 3.22. The summed E-state index contributed by atoms with van der Waals surface area (Å²) < 4.78 is 0. The summed E-state index contributed by atoms with van der Waals surface area (Å²) in [6.07, 6.45) is 1.95. The van der Waals surface area contributed by atoms with Gasteiger partial charge in [-0.25, -0.2) is 4.79 Å². The number of benzene rings is 1. The van der Waals surface area contributed by atoms with Gasteiger partial charge in [0.15, 0.2) is 0 Å². The molecule has 1 aromatic carbocycles. The van der Waals surface area contributed by atoms with Crippen LogP contribution in [0.1, 0.15) is 16.7 Å². The average Bonchev–Trinajstić information content (AvgIpc) is 2.25. The molecule has 1 N–H and O–H groups in total. The van der Waals surface area contributed by atoms with Gasteiger partial charge in [0.05, 0.1) is 22.1 Å². The zero-order valence-electron chi connectivity index (χ0n) is 8.88. The van der Waals surface area contributed by atoms with Gasteiger partial charge in [-0.2, -0.15) is 5.26 Å². The van der Waals surface area contributed by atoms with Crippen molar-refractivity contribution in [2.45, 2.75) is 6.92 Å². The molecule has 0 heterocycles. The molecular weight excluding hydrogens is 224 g/mol. The predicted molar refractivity (Wildman–Crippen MR) is 59.2 cm³/mol. The smallest absolute Gasteiger partial charge is 0.328 e. The topological polar surface area (TPSA) is 104 Å². The van der Waals surface area contributed by atoms with Crippen molar-refractivity contribution < 1.29 is 14.8 Å². The Morgan fingerprint density at radius 1 is 1.59 bits per heavy atom. The van der Waals surface area contributed by atoms with Crippen LogP contribution in [0.4, 0.5) is 5.69 Å². The Labute approximate surface area is 96.6 Å². The SMILES string of the molecule is Cc1c(C#N)ccc(/C=C/C(=O)O)c1[N+](=O)[O-].